The molecule has 0 radical (unpaired) electrons. The molecule has 0 unspecified atom stereocenters. The zero-order valence-corrected chi connectivity index (χ0v) is 17.2. The van der Waals surface area contributed by atoms with E-state index in [9.17, 15) is 13.2 Å². The van der Waals surface area contributed by atoms with Crippen molar-refractivity contribution in [2.45, 2.75) is 39.9 Å². The summed E-state index contributed by atoms with van der Waals surface area (Å²) in [6.07, 6.45) is -3.74. The van der Waals surface area contributed by atoms with Crippen LogP contribution in [0, 0.1) is 13.8 Å². The van der Waals surface area contributed by atoms with Crippen LogP contribution in [-0.4, -0.2) is 31.1 Å². The maximum atomic E-state index is 13.3. The first-order valence-corrected chi connectivity index (χ1v) is 9.75. The standard InChI is InChI=1S/C19H25F3N4OS/c1-5-23-18(24-9-8-17-26-12(2)13(3)28-17)25-11-14-6-7-15(27-4)10-16(14)19(20,21)22/h6-7,10H,5,8-9,11H2,1-4H3,(H2,23,24,25). The molecule has 2 aromatic rings. The van der Waals surface area contributed by atoms with Gasteiger partial charge in [-0.1, -0.05) is 6.07 Å². The van der Waals surface area contributed by atoms with E-state index >= 15 is 0 Å². The molecule has 5 nitrogen and oxygen atoms in total. The van der Waals surface area contributed by atoms with E-state index in [-0.39, 0.29) is 17.9 Å². The minimum absolute atomic E-state index is 0.0936. The molecule has 0 aliphatic heterocycles. The fraction of sp³-hybridized carbons (Fsp3) is 0.474. The molecule has 0 saturated heterocycles. The fourth-order valence-corrected chi connectivity index (χ4v) is 3.46. The van der Waals surface area contributed by atoms with Crippen LogP contribution in [0.15, 0.2) is 23.2 Å². The summed E-state index contributed by atoms with van der Waals surface area (Å²) in [7, 11) is 1.34. The van der Waals surface area contributed by atoms with E-state index < -0.39 is 11.7 Å². The maximum absolute atomic E-state index is 13.3. The Morgan fingerprint density at radius 3 is 2.57 bits per heavy atom. The Morgan fingerprint density at radius 1 is 1.25 bits per heavy atom. The fourth-order valence-electron chi connectivity index (χ4n) is 2.52. The average molecular weight is 414 g/mol. The van der Waals surface area contributed by atoms with E-state index in [4.69, 9.17) is 4.74 Å². The zero-order chi connectivity index (χ0) is 20.7. The van der Waals surface area contributed by atoms with Gasteiger partial charge in [0.1, 0.15) is 5.75 Å². The molecule has 154 valence electrons. The third-order valence-corrected chi connectivity index (χ3v) is 5.21. The van der Waals surface area contributed by atoms with Crippen molar-refractivity contribution < 1.29 is 17.9 Å². The number of halogens is 3. The second-order valence-corrected chi connectivity index (χ2v) is 7.43. The highest BCUT2D eigenvalue weighted by Gasteiger charge is 2.33. The number of aliphatic imine (C=N–C) groups is 1. The molecule has 0 fully saturated rings. The monoisotopic (exact) mass is 414 g/mol. The summed E-state index contributed by atoms with van der Waals surface area (Å²) in [5, 5.41) is 7.22. The van der Waals surface area contributed by atoms with Gasteiger partial charge in [0.15, 0.2) is 5.96 Å². The Labute approximate surface area is 167 Å². The number of rotatable bonds is 7. The summed E-state index contributed by atoms with van der Waals surface area (Å²) in [4.78, 5) is 9.98. The number of guanidine groups is 1. The number of thiazole rings is 1. The highest BCUT2D eigenvalue weighted by Crippen LogP contribution is 2.34. The summed E-state index contributed by atoms with van der Waals surface area (Å²) in [6.45, 7) is 7.01. The SMILES string of the molecule is CCNC(=NCc1ccc(OC)cc1C(F)(F)F)NCCc1nc(C)c(C)s1. The number of alkyl halides is 3. The Morgan fingerprint density at radius 2 is 2.00 bits per heavy atom. The summed E-state index contributed by atoms with van der Waals surface area (Å²) in [6, 6.07) is 3.90. The van der Waals surface area contributed by atoms with E-state index in [1.165, 1.54) is 24.1 Å². The lowest BCUT2D eigenvalue weighted by Gasteiger charge is -2.14. The van der Waals surface area contributed by atoms with Crippen molar-refractivity contribution in [3.63, 3.8) is 0 Å². The minimum Gasteiger partial charge on any atom is -0.497 e. The van der Waals surface area contributed by atoms with Gasteiger partial charge in [0.2, 0.25) is 0 Å². The smallest absolute Gasteiger partial charge is 0.416 e. The van der Waals surface area contributed by atoms with Crippen LogP contribution in [0.4, 0.5) is 13.2 Å². The van der Waals surface area contributed by atoms with Crippen LogP contribution in [-0.2, 0) is 19.1 Å². The van der Waals surface area contributed by atoms with Crippen molar-refractivity contribution in [3.8, 4) is 5.75 Å². The second kappa shape index (κ2) is 9.77. The van der Waals surface area contributed by atoms with E-state index in [2.05, 4.69) is 20.6 Å². The highest BCUT2D eigenvalue weighted by atomic mass is 32.1. The van der Waals surface area contributed by atoms with Gasteiger partial charge >= 0.3 is 6.18 Å². The van der Waals surface area contributed by atoms with Crippen molar-refractivity contribution in [1.82, 2.24) is 15.6 Å². The molecule has 1 aromatic carbocycles. The Kier molecular flexibility index (Phi) is 7.68. The molecule has 0 bridgehead atoms. The van der Waals surface area contributed by atoms with Crippen LogP contribution < -0.4 is 15.4 Å². The van der Waals surface area contributed by atoms with E-state index in [0.29, 0.717) is 19.0 Å². The van der Waals surface area contributed by atoms with Crippen molar-refractivity contribution in [2.75, 3.05) is 20.2 Å². The number of methoxy groups -OCH3 is 1. The number of nitrogens with one attached hydrogen (secondary N) is 2. The first-order valence-electron chi connectivity index (χ1n) is 8.93. The number of ether oxygens (including phenoxy) is 1. The minimum atomic E-state index is -4.47. The van der Waals surface area contributed by atoms with Gasteiger partial charge in [-0.3, -0.25) is 0 Å². The van der Waals surface area contributed by atoms with Gasteiger partial charge in [0.25, 0.3) is 0 Å². The average Bonchev–Trinajstić information content (AvgIpc) is 2.96. The van der Waals surface area contributed by atoms with Crippen LogP contribution >= 0.6 is 11.3 Å². The number of benzene rings is 1. The highest BCUT2D eigenvalue weighted by molar-refractivity contribution is 7.11. The molecule has 1 aromatic heterocycles. The first kappa shape index (κ1) is 22.0. The first-order chi connectivity index (χ1) is 13.2. The molecule has 1 heterocycles. The summed E-state index contributed by atoms with van der Waals surface area (Å²) >= 11 is 1.65. The van der Waals surface area contributed by atoms with Gasteiger partial charge in [-0.05, 0) is 38.5 Å². The van der Waals surface area contributed by atoms with Crippen molar-refractivity contribution in [3.05, 3.63) is 44.9 Å². The van der Waals surface area contributed by atoms with E-state index in [0.717, 1.165) is 23.2 Å². The molecule has 0 aliphatic rings. The predicted octanol–water partition coefficient (Wildman–Crippen LogP) is 4.09. The second-order valence-electron chi connectivity index (χ2n) is 6.14. The Balaban J connectivity index is 2.07. The number of hydrogen-bond acceptors (Lipinski definition) is 4. The normalized spacial score (nSPS) is 12.2. The van der Waals surface area contributed by atoms with Gasteiger partial charge in [0, 0.05) is 24.4 Å². The zero-order valence-electron chi connectivity index (χ0n) is 16.4. The predicted molar refractivity (Wildman–Crippen MR) is 106 cm³/mol. The van der Waals surface area contributed by atoms with Gasteiger partial charge in [-0.2, -0.15) is 13.2 Å². The third-order valence-electron chi connectivity index (χ3n) is 4.08. The van der Waals surface area contributed by atoms with E-state index in [1.54, 1.807) is 11.3 Å². The molecule has 0 spiro atoms. The Hall–Kier alpha value is -2.29. The topological polar surface area (TPSA) is 58.5 Å². The molecule has 28 heavy (non-hydrogen) atoms. The molecule has 0 aliphatic carbocycles. The largest absolute Gasteiger partial charge is 0.497 e. The lowest BCUT2D eigenvalue weighted by atomic mass is 10.1. The molecule has 2 rings (SSSR count). The van der Waals surface area contributed by atoms with Crippen LogP contribution in [0.1, 0.15) is 33.6 Å². The lowest BCUT2D eigenvalue weighted by molar-refractivity contribution is -0.138. The van der Waals surface area contributed by atoms with Crippen LogP contribution in [0.3, 0.4) is 0 Å². The summed E-state index contributed by atoms with van der Waals surface area (Å²) in [5.41, 5.74) is 0.386. The van der Waals surface area contributed by atoms with Gasteiger partial charge < -0.3 is 15.4 Å². The molecular weight excluding hydrogens is 389 g/mol. The molecule has 0 atom stereocenters. The number of hydrogen-bond donors (Lipinski definition) is 2. The molecule has 0 amide bonds. The summed E-state index contributed by atoms with van der Waals surface area (Å²) in [5.74, 6) is 0.635. The maximum Gasteiger partial charge on any atom is 0.416 e. The number of nitrogens with zero attached hydrogens (tertiary/aromatic N) is 2. The van der Waals surface area contributed by atoms with Gasteiger partial charge in [0.05, 0.1) is 29.9 Å². The van der Waals surface area contributed by atoms with E-state index in [1.807, 2.05) is 20.8 Å². The molecule has 9 heteroatoms. The van der Waals surface area contributed by atoms with Crippen LogP contribution in [0.2, 0.25) is 0 Å². The molecular formula is C19H25F3N4OS. The van der Waals surface area contributed by atoms with Gasteiger partial charge in [-0.25, -0.2) is 9.98 Å². The quantitative estimate of drug-likeness (QED) is 0.529. The third kappa shape index (κ3) is 6.12. The van der Waals surface area contributed by atoms with Gasteiger partial charge in [-0.15, -0.1) is 11.3 Å². The van der Waals surface area contributed by atoms with Crippen LogP contribution in [0.5, 0.6) is 5.75 Å². The van der Waals surface area contributed by atoms with Crippen molar-refractivity contribution in [1.29, 1.82) is 0 Å². The number of aryl methyl sites for hydroxylation is 2. The number of aromatic nitrogens is 1. The Bertz CT molecular complexity index is 798. The van der Waals surface area contributed by atoms with Crippen molar-refractivity contribution >= 4 is 17.3 Å². The lowest BCUT2D eigenvalue weighted by Crippen LogP contribution is -2.38. The molecule has 2 N–H and O–H groups in total. The van der Waals surface area contributed by atoms with Crippen LogP contribution in [0.25, 0.3) is 0 Å². The van der Waals surface area contributed by atoms with Crippen molar-refractivity contribution in [2.24, 2.45) is 4.99 Å². The molecule has 0 saturated carbocycles. The summed E-state index contributed by atoms with van der Waals surface area (Å²) < 4.78 is 44.9.